The molecule has 1 rings (SSSR count). The molecule has 4 heteroatoms. The van der Waals surface area contributed by atoms with E-state index in [0.29, 0.717) is 6.61 Å². The van der Waals surface area contributed by atoms with Crippen LogP contribution in [0.3, 0.4) is 0 Å². The summed E-state index contributed by atoms with van der Waals surface area (Å²) in [5, 5.41) is 1.08. The second-order valence-corrected chi connectivity index (χ2v) is 5.77. The number of hydrogen-bond acceptors (Lipinski definition) is 3. The molecule has 0 amide bonds. The normalized spacial score (nSPS) is 17.5. The van der Waals surface area contributed by atoms with E-state index in [-0.39, 0.29) is 0 Å². The maximum Gasteiger partial charge on any atom is 0.0700 e. The standard InChI is InChI=1S/C14H28BrNO2/c1-17-12-13-18-11-5-9-16(10-8-15)14-6-3-2-4-7-14/h14H,2-13H2,1H3. The monoisotopic (exact) mass is 321 g/mol. The van der Waals surface area contributed by atoms with Gasteiger partial charge in [0.25, 0.3) is 0 Å². The molecule has 1 fully saturated rings. The van der Waals surface area contributed by atoms with E-state index in [4.69, 9.17) is 9.47 Å². The van der Waals surface area contributed by atoms with Gasteiger partial charge in [-0.15, -0.1) is 0 Å². The van der Waals surface area contributed by atoms with Gasteiger partial charge in [0.1, 0.15) is 0 Å². The van der Waals surface area contributed by atoms with Crippen LogP contribution in [-0.2, 0) is 9.47 Å². The summed E-state index contributed by atoms with van der Waals surface area (Å²) >= 11 is 3.57. The average Bonchev–Trinajstić information content (AvgIpc) is 2.42. The SMILES string of the molecule is COCCOCCCN(CCBr)C1CCCCC1. The lowest BCUT2D eigenvalue weighted by atomic mass is 9.94. The number of rotatable bonds is 10. The second-order valence-electron chi connectivity index (χ2n) is 4.98. The van der Waals surface area contributed by atoms with Crippen molar-refractivity contribution in [3.8, 4) is 0 Å². The number of alkyl halides is 1. The van der Waals surface area contributed by atoms with E-state index in [9.17, 15) is 0 Å². The second kappa shape index (κ2) is 11.2. The van der Waals surface area contributed by atoms with E-state index < -0.39 is 0 Å². The lowest BCUT2D eigenvalue weighted by Crippen LogP contribution is -2.39. The number of halogens is 1. The van der Waals surface area contributed by atoms with E-state index in [1.54, 1.807) is 7.11 Å². The smallest absolute Gasteiger partial charge is 0.0700 e. The molecular formula is C14H28BrNO2. The predicted octanol–water partition coefficient (Wildman–Crippen LogP) is 3.07. The molecule has 0 atom stereocenters. The van der Waals surface area contributed by atoms with Crippen molar-refractivity contribution in [1.82, 2.24) is 4.90 Å². The van der Waals surface area contributed by atoms with Gasteiger partial charge in [-0.05, 0) is 19.3 Å². The maximum atomic E-state index is 5.53. The van der Waals surface area contributed by atoms with E-state index in [2.05, 4.69) is 20.8 Å². The Morgan fingerprint density at radius 1 is 1.06 bits per heavy atom. The molecule has 0 spiro atoms. The fourth-order valence-corrected chi connectivity index (χ4v) is 3.10. The van der Waals surface area contributed by atoms with Gasteiger partial charge >= 0.3 is 0 Å². The molecule has 0 aromatic heterocycles. The minimum atomic E-state index is 0.702. The highest BCUT2D eigenvalue weighted by Gasteiger charge is 2.19. The molecule has 0 N–H and O–H groups in total. The number of ether oxygens (including phenoxy) is 2. The first-order valence-corrected chi connectivity index (χ1v) is 8.37. The Kier molecular flexibility index (Phi) is 10.2. The van der Waals surface area contributed by atoms with Gasteiger partial charge in [-0.1, -0.05) is 35.2 Å². The first-order chi connectivity index (χ1) is 8.88. The van der Waals surface area contributed by atoms with Crippen LogP contribution in [0.25, 0.3) is 0 Å². The lowest BCUT2D eigenvalue weighted by molar-refractivity contribution is 0.0613. The Bertz CT molecular complexity index is 187. The molecule has 1 aliphatic rings. The number of methoxy groups -OCH3 is 1. The number of hydrogen-bond donors (Lipinski definition) is 0. The molecule has 3 nitrogen and oxygen atoms in total. The Hall–Kier alpha value is 0.360. The van der Waals surface area contributed by atoms with Crippen molar-refractivity contribution in [3.05, 3.63) is 0 Å². The Morgan fingerprint density at radius 2 is 1.83 bits per heavy atom. The molecule has 0 unspecified atom stereocenters. The molecule has 0 aromatic carbocycles. The van der Waals surface area contributed by atoms with Crippen LogP contribution in [0.5, 0.6) is 0 Å². The van der Waals surface area contributed by atoms with Crippen molar-refractivity contribution in [2.45, 2.75) is 44.6 Å². The quantitative estimate of drug-likeness (QED) is 0.456. The van der Waals surface area contributed by atoms with Gasteiger partial charge in [0.15, 0.2) is 0 Å². The third-order valence-corrected chi connectivity index (χ3v) is 3.98. The minimum absolute atomic E-state index is 0.702. The largest absolute Gasteiger partial charge is 0.382 e. The molecule has 0 aliphatic heterocycles. The first-order valence-electron chi connectivity index (χ1n) is 7.25. The summed E-state index contributed by atoms with van der Waals surface area (Å²) in [7, 11) is 1.71. The van der Waals surface area contributed by atoms with Crippen molar-refractivity contribution in [1.29, 1.82) is 0 Å². The molecular weight excluding hydrogens is 294 g/mol. The predicted molar refractivity (Wildman–Crippen MR) is 79.6 cm³/mol. The number of nitrogens with zero attached hydrogens (tertiary/aromatic N) is 1. The maximum absolute atomic E-state index is 5.53. The molecule has 0 radical (unpaired) electrons. The fourth-order valence-electron chi connectivity index (χ4n) is 2.65. The Morgan fingerprint density at radius 3 is 2.50 bits per heavy atom. The zero-order chi connectivity index (χ0) is 13.1. The summed E-state index contributed by atoms with van der Waals surface area (Å²) in [6.07, 6.45) is 8.16. The Labute approximate surface area is 120 Å². The van der Waals surface area contributed by atoms with Crippen LogP contribution in [0.15, 0.2) is 0 Å². The van der Waals surface area contributed by atoms with Crippen molar-refractivity contribution in [2.24, 2.45) is 0 Å². The molecule has 108 valence electrons. The highest BCUT2D eigenvalue weighted by atomic mass is 79.9. The van der Waals surface area contributed by atoms with Gasteiger partial charge in [-0.25, -0.2) is 0 Å². The van der Waals surface area contributed by atoms with Crippen molar-refractivity contribution < 1.29 is 9.47 Å². The highest BCUT2D eigenvalue weighted by Crippen LogP contribution is 2.22. The molecule has 1 aliphatic carbocycles. The van der Waals surface area contributed by atoms with Crippen LogP contribution >= 0.6 is 15.9 Å². The minimum Gasteiger partial charge on any atom is -0.382 e. The van der Waals surface area contributed by atoms with Gasteiger partial charge in [0.2, 0.25) is 0 Å². The van der Waals surface area contributed by atoms with Crippen LogP contribution in [-0.4, -0.2) is 56.3 Å². The van der Waals surface area contributed by atoms with Gasteiger partial charge in [-0.3, -0.25) is 4.90 Å². The summed E-state index contributed by atoms with van der Waals surface area (Å²) in [6.45, 7) is 4.62. The summed E-state index contributed by atoms with van der Waals surface area (Å²) in [5.41, 5.74) is 0. The molecule has 0 saturated heterocycles. The fraction of sp³-hybridized carbons (Fsp3) is 1.00. The molecule has 0 heterocycles. The highest BCUT2D eigenvalue weighted by molar-refractivity contribution is 9.09. The van der Waals surface area contributed by atoms with Crippen LogP contribution in [0.4, 0.5) is 0 Å². The molecule has 0 bridgehead atoms. The lowest BCUT2D eigenvalue weighted by Gasteiger charge is -2.34. The van der Waals surface area contributed by atoms with Crippen molar-refractivity contribution in [2.75, 3.05) is 45.4 Å². The third-order valence-electron chi connectivity index (χ3n) is 3.63. The van der Waals surface area contributed by atoms with Gasteiger partial charge in [0.05, 0.1) is 13.2 Å². The zero-order valence-corrected chi connectivity index (χ0v) is 13.3. The average molecular weight is 322 g/mol. The van der Waals surface area contributed by atoms with E-state index in [1.807, 2.05) is 0 Å². The topological polar surface area (TPSA) is 21.7 Å². The molecule has 0 aromatic rings. The van der Waals surface area contributed by atoms with Crippen molar-refractivity contribution >= 4 is 15.9 Å². The van der Waals surface area contributed by atoms with Gasteiger partial charge < -0.3 is 9.47 Å². The molecule has 18 heavy (non-hydrogen) atoms. The summed E-state index contributed by atoms with van der Waals surface area (Å²) in [5.74, 6) is 0. The summed E-state index contributed by atoms with van der Waals surface area (Å²) in [4.78, 5) is 2.65. The Balaban J connectivity index is 2.12. The summed E-state index contributed by atoms with van der Waals surface area (Å²) < 4.78 is 10.5. The van der Waals surface area contributed by atoms with Crippen LogP contribution < -0.4 is 0 Å². The van der Waals surface area contributed by atoms with Crippen LogP contribution in [0.1, 0.15) is 38.5 Å². The van der Waals surface area contributed by atoms with E-state index in [0.717, 1.165) is 31.0 Å². The van der Waals surface area contributed by atoms with Crippen molar-refractivity contribution in [3.63, 3.8) is 0 Å². The zero-order valence-electron chi connectivity index (χ0n) is 11.7. The first kappa shape index (κ1) is 16.4. The summed E-state index contributed by atoms with van der Waals surface area (Å²) in [6, 6.07) is 0.815. The van der Waals surface area contributed by atoms with Crippen LogP contribution in [0.2, 0.25) is 0 Å². The molecule has 1 saturated carbocycles. The van der Waals surface area contributed by atoms with E-state index in [1.165, 1.54) is 45.2 Å². The third kappa shape index (κ3) is 7.07. The van der Waals surface area contributed by atoms with Gasteiger partial charge in [-0.2, -0.15) is 0 Å². The van der Waals surface area contributed by atoms with E-state index >= 15 is 0 Å². The van der Waals surface area contributed by atoms with Gasteiger partial charge in [0, 0.05) is 38.2 Å². The van der Waals surface area contributed by atoms with Crippen LogP contribution in [0, 0.1) is 0 Å².